The summed E-state index contributed by atoms with van der Waals surface area (Å²) in [5.74, 6) is -0.997. The Labute approximate surface area is 164 Å². The zero-order valence-electron chi connectivity index (χ0n) is 15.6. The van der Waals surface area contributed by atoms with Crippen LogP contribution in [0.15, 0.2) is 47.6 Å². The molecule has 1 aliphatic heterocycles. The number of hydrazone groups is 1. The van der Waals surface area contributed by atoms with Crippen LogP contribution in [0.5, 0.6) is 5.75 Å². The largest absolute Gasteiger partial charge is 0.497 e. The van der Waals surface area contributed by atoms with Crippen molar-refractivity contribution in [3.8, 4) is 5.75 Å². The molecule has 9 heteroatoms. The third-order valence-electron chi connectivity index (χ3n) is 4.47. The Kier molecular flexibility index (Phi) is 5.58. The molecule has 1 aliphatic rings. The first-order valence-corrected chi connectivity index (χ1v) is 8.72. The summed E-state index contributed by atoms with van der Waals surface area (Å²) in [5, 5.41) is 6.51. The first-order chi connectivity index (χ1) is 13.7. The molecule has 0 aliphatic carbocycles. The number of amides is 2. The molecule has 0 aromatic heterocycles. The third-order valence-corrected chi connectivity index (χ3v) is 4.47. The number of nitrogens with one attached hydrogen (secondary N) is 2. The molecule has 2 N–H and O–H groups in total. The average Bonchev–Trinajstić information content (AvgIpc) is 2.67. The number of carbonyl (C=O) groups is 2. The van der Waals surface area contributed by atoms with Crippen LogP contribution in [-0.4, -0.2) is 24.6 Å². The molecule has 0 saturated heterocycles. The first kappa shape index (κ1) is 20.4. The van der Waals surface area contributed by atoms with Crippen LogP contribution in [0.25, 0.3) is 0 Å². The van der Waals surface area contributed by atoms with E-state index in [-0.39, 0.29) is 17.6 Å². The predicted octanol–water partition coefficient (Wildman–Crippen LogP) is 3.83. The van der Waals surface area contributed by atoms with Gasteiger partial charge in [0.05, 0.1) is 23.9 Å². The molecular formula is C20H18F3N3O3. The molecule has 1 heterocycles. The van der Waals surface area contributed by atoms with Gasteiger partial charge >= 0.3 is 6.18 Å². The molecule has 3 rings (SSSR count). The number of rotatable bonds is 4. The van der Waals surface area contributed by atoms with E-state index in [1.54, 1.807) is 24.3 Å². The van der Waals surface area contributed by atoms with E-state index in [0.717, 1.165) is 23.8 Å². The number of nitrogens with zero attached hydrogens (tertiary/aromatic N) is 1. The van der Waals surface area contributed by atoms with Gasteiger partial charge in [0.25, 0.3) is 5.91 Å². The van der Waals surface area contributed by atoms with Gasteiger partial charge in [0, 0.05) is 18.0 Å². The van der Waals surface area contributed by atoms with Gasteiger partial charge < -0.3 is 10.1 Å². The van der Waals surface area contributed by atoms with Crippen molar-refractivity contribution in [2.24, 2.45) is 11.0 Å². The molecule has 6 nitrogen and oxygen atoms in total. The van der Waals surface area contributed by atoms with Crippen molar-refractivity contribution in [2.45, 2.75) is 19.5 Å². The highest BCUT2D eigenvalue weighted by molar-refractivity contribution is 6.07. The molecule has 0 bridgehead atoms. The molecule has 0 spiro atoms. The second kappa shape index (κ2) is 7.94. The molecule has 2 amide bonds. The van der Waals surface area contributed by atoms with E-state index < -0.39 is 23.2 Å². The second-order valence-corrected chi connectivity index (χ2v) is 6.58. The molecule has 1 unspecified atom stereocenters. The fourth-order valence-electron chi connectivity index (χ4n) is 3.01. The fraction of sp³-hybridized carbons (Fsp3) is 0.250. The number of halogens is 3. The Bertz CT molecular complexity index is 969. The summed E-state index contributed by atoms with van der Waals surface area (Å²) in [6.45, 7) is 1.87. The lowest BCUT2D eigenvalue weighted by atomic mass is 9.94. The van der Waals surface area contributed by atoms with E-state index in [1.807, 2.05) is 6.92 Å². The Morgan fingerprint density at radius 1 is 1.21 bits per heavy atom. The second-order valence-electron chi connectivity index (χ2n) is 6.58. The lowest BCUT2D eigenvalue weighted by molar-refractivity contribution is -0.137. The lowest BCUT2D eigenvalue weighted by Gasteiger charge is -2.19. The third kappa shape index (κ3) is 4.56. The van der Waals surface area contributed by atoms with Gasteiger partial charge in [0.1, 0.15) is 5.75 Å². The van der Waals surface area contributed by atoms with Gasteiger partial charge in [-0.3, -0.25) is 9.59 Å². The number of hydrogen-bond donors (Lipinski definition) is 2. The van der Waals surface area contributed by atoms with E-state index in [0.29, 0.717) is 17.8 Å². The van der Waals surface area contributed by atoms with Crippen molar-refractivity contribution in [3.63, 3.8) is 0 Å². The maximum absolute atomic E-state index is 13.2. The number of carbonyl (C=O) groups excluding carboxylic acids is 2. The number of ether oxygens (including phenoxy) is 1. The molecule has 0 fully saturated rings. The Morgan fingerprint density at radius 2 is 1.90 bits per heavy atom. The number of benzene rings is 2. The Balaban J connectivity index is 1.82. The Hall–Kier alpha value is -3.36. The van der Waals surface area contributed by atoms with Crippen LogP contribution in [-0.2, 0) is 11.0 Å². The maximum Gasteiger partial charge on any atom is 0.417 e. The van der Waals surface area contributed by atoms with Crippen molar-refractivity contribution in [2.75, 3.05) is 12.4 Å². The molecule has 2 aromatic rings. The van der Waals surface area contributed by atoms with Gasteiger partial charge in [-0.1, -0.05) is 19.1 Å². The first-order valence-electron chi connectivity index (χ1n) is 8.72. The number of alkyl halides is 3. The molecule has 152 valence electrons. The van der Waals surface area contributed by atoms with Crippen LogP contribution in [0.1, 0.15) is 34.8 Å². The fourth-order valence-corrected chi connectivity index (χ4v) is 3.01. The molecule has 29 heavy (non-hydrogen) atoms. The molecule has 1 atom stereocenters. The van der Waals surface area contributed by atoms with Crippen molar-refractivity contribution in [1.82, 2.24) is 5.43 Å². The average molecular weight is 405 g/mol. The lowest BCUT2D eigenvalue weighted by Crippen LogP contribution is -2.31. The summed E-state index contributed by atoms with van der Waals surface area (Å²) < 4.78 is 44.7. The van der Waals surface area contributed by atoms with Crippen LogP contribution < -0.4 is 15.5 Å². The van der Waals surface area contributed by atoms with Gasteiger partial charge in [0.15, 0.2) is 0 Å². The smallest absolute Gasteiger partial charge is 0.417 e. The van der Waals surface area contributed by atoms with Crippen molar-refractivity contribution >= 4 is 23.2 Å². The normalized spacial score (nSPS) is 16.7. The zero-order valence-corrected chi connectivity index (χ0v) is 15.6. The summed E-state index contributed by atoms with van der Waals surface area (Å²) >= 11 is 0. The van der Waals surface area contributed by atoms with Gasteiger partial charge in [-0.25, -0.2) is 5.43 Å². The number of methoxy groups -OCH3 is 1. The molecule has 2 aromatic carbocycles. The highest BCUT2D eigenvalue weighted by Crippen LogP contribution is 2.34. The summed E-state index contributed by atoms with van der Waals surface area (Å²) in [6, 6.07) is 9.50. The summed E-state index contributed by atoms with van der Waals surface area (Å²) in [7, 11) is 1.31. The highest BCUT2D eigenvalue weighted by Gasteiger charge is 2.35. The van der Waals surface area contributed by atoms with E-state index in [2.05, 4.69) is 15.8 Å². The van der Waals surface area contributed by atoms with Gasteiger partial charge in [-0.05, 0) is 35.9 Å². The summed E-state index contributed by atoms with van der Waals surface area (Å²) in [5.41, 5.74) is 2.60. The van der Waals surface area contributed by atoms with Crippen LogP contribution in [0.2, 0.25) is 0 Å². The predicted molar refractivity (Wildman–Crippen MR) is 101 cm³/mol. The summed E-state index contributed by atoms with van der Waals surface area (Å²) in [6.07, 6.45) is -4.37. The molecule has 0 radical (unpaired) electrons. The van der Waals surface area contributed by atoms with Crippen LogP contribution in [0, 0.1) is 5.92 Å². The minimum Gasteiger partial charge on any atom is -0.497 e. The number of hydrogen-bond acceptors (Lipinski definition) is 4. The standard InChI is InChI=1S/C20H18F3N3O3/c1-11-9-17(27)25-26-18(11)12-3-5-13(6-4-12)24-19(28)15-10-14(29-2)7-8-16(15)20(21,22)23/h3-8,10-11H,9H2,1-2H3,(H,24,28)(H,25,27). The quantitative estimate of drug-likeness (QED) is 0.812. The Morgan fingerprint density at radius 3 is 2.48 bits per heavy atom. The van der Waals surface area contributed by atoms with Crippen LogP contribution >= 0.6 is 0 Å². The van der Waals surface area contributed by atoms with Crippen molar-refractivity contribution in [3.05, 3.63) is 59.2 Å². The topological polar surface area (TPSA) is 79.8 Å². The van der Waals surface area contributed by atoms with E-state index in [1.165, 1.54) is 7.11 Å². The van der Waals surface area contributed by atoms with E-state index in [9.17, 15) is 22.8 Å². The van der Waals surface area contributed by atoms with E-state index >= 15 is 0 Å². The molecule has 0 saturated carbocycles. The van der Waals surface area contributed by atoms with Gasteiger partial charge in [-0.2, -0.15) is 18.3 Å². The van der Waals surface area contributed by atoms with E-state index in [4.69, 9.17) is 4.74 Å². The van der Waals surface area contributed by atoms with Crippen LogP contribution in [0.4, 0.5) is 18.9 Å². The van der Waals surface area contributed by atoms with Crippen molar-refractivity contribution < 1.29 is 27.5 Å². The summed E-state index contributed by atoms with van der Waals surface area (Å²) in [4.78, 5) is 23.8. The number of anilines is 1. The van der Waals surface area contributed by atoms with Gasteiger partial charge in [-0.15, -0.1) is 0 Å². The SMILES string of the molecule is COc1ccc(C(F)(F)F)c(C(=O)Nc2ccc(C3=NNC(=O)CC3C)cc2)c1. The van der Waals surface area contributed by atoms with Crippen molar-refractivity contribution in [1.29, 1.82) is 0 Å². The monoisotopic (exact) mass is 405 g/mol. The minimum atomic E-state index is -4.68. The zero-order chi connectivity index (χ0) is 21.2. The van der Waals surface area contributed by atoms with Gasteiger partial charge in [0.2, 0.25) is 5.91 Å². The maximum atomic E-state index is 13.2. The highest BCUT2D eigenvalue weighted by atomic mass is 19.4. The minimum absolute atomic E-state index is 0.0738. The molecular weight excluding hydrogens is 387 g/mol. The van der Waals surface area contributed by atoms with Crippen LogP contribution in [0.3, 0.4) is 0 Å².